The Balaban J connectivity index is 1.92. The zero-order valence-electron chi connectivity index (χ0n) is 14.8. The highest BCUT2D eigenvalue weighted by Gasteiger charge is 2.06. The second kappa shape index (κ2) is 8.19. The average molecular weight is 339 g/mol. The molecule has 1 N–H and O–H groups in total. The van der Waals surface area contributed by atoms with Crippen LogP contribution < -0.4 is 10.1 Å². The minimum atomic E-state index is -0.368. The van der Waals surface area contributed by atoms with Crippen LogP contribution in [0.1, 0.15) is 35.3 Å². The molecular formula is C19H21N3O3. The van der Waals surface area contributed by atoms with E-state index in [9.17, 15) is 9.59 Å². The number of rotatable bonds is 5. The molecule has 1 aromatic heterocycles. The molecule has 2 aromatic rings. The highest BCUT2D eigenvalue weighted by Crippen LogP contribution is 2.13. The third-order valence-corrected chi connectivity index (χ3v) is 3.58. The van der Waals surface area contributed by atoms with Gasteiger partial charge in [0.15, 0.2) is 0 Å². The van der Waals surface area contributed by atoms with Crippen molar-refractivity contribution in [1.82, 2.24) is 15.3 Å². The molecule has 0 saturated carbocycles. The van der Waals surface area contributed by atoms with E-state index in [1.54, 1.807) is 30.3 Å². The van der Waals surface area contributed by atoms with Crippen molar-refractivity contribution in [3.63, 3.8) is 0 Å². The van der Waals surface area contributed by atoms with Crippen LogP contribution in [0.15, 0.2) is 30.3 Å². The summed E-state index contributed by atoms with van der Waals surface area (Å²) >= 11 is 0. The molecule has 2 rings (SSSR count). The molecule has 6 nitrogen and oxygen atoms in total. The van der Waals surface area contributed by atoms with Gasteiger partial charge in [0.1, 0.15) is 5.75 Å². The van der Waals surface area contributed by atoms with E-state index >= 15 is 0 Å². The van der Waals surface area contributed by atoms with Gasteiger partial charge in [-0.15, -0.1) is 0 Å². The summed E-state index contributed by atoms with van der Waals surface area (Å²) in [6, 6.07) is 6.88. The molecule has 0 aliphatic rings. The first-order valence-corrected chi connectivity index (χ1v) is 7.90. The molecule has 130 valence electrons. The number of carbonyl (C=O) groups is 2. The maximum Gasteiger partial charge on any atom is 0.308 e. The Hall–Kier alpha value is -3.02. The molecule has 1 amide bonds. The minimum absolute atomic E-state index is 0.219. The zero-order valence-corrected chi connectivity index (χ0v) is 14.8. The molecule has 0 aliphatic heterocycles. The van der Waals surface area contributed by atoms with Gasteiger partial charge in [0, 0.05) is 13.0 Å². The molecule has 6 heteroatoms. The lowest BCUT2D eigenvalue weighted by atomic mass is 10.2. The number of nitrogens with zero attached hydrogens (tertiary/aromatic N) is 2. The van der Waals surface area contributed by atoms with Crippen molar-refractivity contribution in [2.45, 2.75) is 34.2 Å². The Bertz CT molecular complexity index is 811. The van der Waals surface area contributed by atoms with Gasteiger partial charge in [-0.2, -0.15) is 0 Å². The summed E-state index contributed by atoms with van der Waals surface area (Å²) in [5, 5.41) is 2.80. The summed E-state index contributed by atoms with van der Waals surface area (Å²) in [5.41, 5.74) is 4.15. The summed E-state index contributed by atoms with van der Waals surface area (Å²) in [6.45, 7) is 7.36. The summed E-state index contributed by atoms with van der Waals surface area (Å²) in [5.74, 6) is -0.117. The number of carbonyl (C=O) groups excluding carboxylic acids is 2. The third-order valence-electron chi connectivity index (χ3n) is 3.58. The minimum Gasteiger partial charge on any atom is -0.427 e. The number of aromatic nitrogens is 2. The van der Waals surface area contributed by atoms with Crippen LogP contribution in [-0.2, 0) is 16.1 Å². The molecule has 1 heterocycles. The van der Waals surface area contributed by atoms with Crippen molar-refractivity contribution < 1.29 is 14.3 Å². The van der Waals surface area contributed by atoms with E-state index < -0.39 is 0 Å². The lowest BCUT2D eigenvalue weighted by Gasteiger charge is -2.08. The van der Waals surface area contributed by atoms with Gasteiger partial charge in [0.25, 0.3) is 0 Å². The highest BCUT2D eigenvalue weighted by atomic mass is 16.5. The van der Waals surface area contributed by atoms with Crippen molar-refractivity contribution in [3.8, 4) is 5.75 Å². The number of hydrogen-bond acceptors (Lipinski definition) is 5. The van der Waals surface area contributed by atoms with E-state index in [0.29, 0.717) is 12.3 Å². The van der Waals surface area contributed by atoms with Crippen LogP contribution >= 0.6 is 0 Å². The normalized spacial score (nSPS) is 10.7. The van der Waals surface area contributed by atoms with Gasteiger partial charge in [-0.25, -0.2) is 0 Å². The summed E-state index contributed by atoms with van der Waals surface area (Å²) in [4.78, 5) is 31.7. The van der Waals surface area contributed by atoms with E-state index in [-0.39, 0.29) is 11.9 Å². The molecule has 0 saturated heterocycles. The Kier molecular flexibility index (Phi) is 6.00. The van der Waals surface area contributed by atoms with Crippen molar-refractivity contribution in [2.75, 3.05) is 0 Å². The smallest absolute Gasteiger partial charge is 0.308 e. The molecule has 25 heavy (non-hydrogen) atoms. The highest BCUT2D eigenvalue weighted by molar-refractivity contribution is 5.91. The third kappa shape index (κ3) is 5.53. The van der Waals surface area contributed by atoms with Gasteiger partial charge in [-0.3, -0.25) is 19.6 Å². The van der Waals surface area contributed by atoms with Crippen LogP contribution in [-0.4, -0.2) is 21.8 Å². The summed E-state index contributed by atoms with van der Waals surface area (Å²) in [7, 11) is 0. The Labute approximate surface area is 147 Å². The standard InChI is InChI=1S/C19H21N3O3/c1-12-13(2)22-18(14(3)21-12)11-20-19(24)10-7-16-5-8-17(9-6-16)25-15(4)23/h5-10H,11H2,1-4H3,(H,20,24)/b10-7+. The van der Waals surface area contributed by atoms with Gasteiger partial charge < -0.3 is 10.1 Å². The lowest BCUT2D eigenvalue weighted by Crippen LogP contribution is -2.22. The second-order valence-corrected chi connectivity index (χ2v) is 5.64. The molecule has 0 atom stereocenters. The van der Waals surface area contributed by atoms with Crippen LogP contribution in [0.25, 0.3) is 6.08 Å². The second-order valence-electron chi connectivity index (χ2n) is 5.64. The average Bonchev–Trinajstić information content (AvgIpc) is 2.56. The van der Waals surface area contributed by atoms with Gasteiger partial charge in [0.2, 0.25) is 5.91 Å². The lowest BCUT2D eigenvalue weighted by molar-refractivity contribution is -0.131. The van der Waals surface area contributed by atoms with Gasteiger partial charge in [-0.05, 0) is 44.5 Å². The van der Waals surface area contributed by atoms with Crippen LogP contribution in [0, 0.1) is 20.8 Å². The van der Waals surface area contributed by atoms with E-state index in [2.05, 4.69) is 15.3 Å². The maximum atomic E-state index is 11.9. The first-order chi connectivity index (χ1) is 11.8. The molecule has 0 spiro atoms. The fraction of sp³-hybridized carbons (Fsp3) is 0.263. The summed E-state index contributed by atoms with van der Waals surface area (Å²) in [6.07, 6.45) is 3.14. The number of amides is 1. The van der Waals surface area contributed by atoms with Gasteiger partial charge >= 0.3 is 5.97 Å². The fourth-order valence-corrected chi connectivity index (χ4v) is 2.14. The van der Waals surface area contributed by atoms with Crippen LogP contribution in [0.2, 0.25) is 0 Å². The molecular weight excluding hydrogens is 318 g/mol. The van der Waals surface area contributed by atoms with Crippen LogP contribution in [0.5, 0.6) is 5.75 Å². The Morgan fingerprint density at radius 3 is 2.32 bits per heavy atom. The van der Waals surface area contributed by atoms with Gasteiger partial charge in [-0.1, -0.05) is 12.1 Å². The number of hydrogen-bond donors (Lipinski definition) is 1. The maximum absolute atomic E-state index is 11.9. The van der Waals surface area contributed by atoms with Crippen LogP contribution in [0.4, 0.5) is 0 Å². The number of ether oxygens (including phenoxy) is 1. The number of esters is 1. The molecule has 0 radical (unpaired) electrons. The quantitative estimate of drug-likeness (QED) is 0.514. The van der Waals surface area contributed by atoms with E-state index in [4.69, 9.17) is 4.74 Å². The molecule has 0 unspecified atom stereocenters. The molecule has 1 aromatic carbocycles. The Morgan fingerprint density at radius 2 is 1.68 bits per heavy atom. The van der Waals surface area contributed by atoms with Crippen molar-refractivity contribution in [2.24, 2.45) is 0 Å². The number of nitrogens with one attached hydrogen (secondary N) is 1. The molecule has 0 fully saturated rings. The SMILES string of the molecule is CC(=O)Oc1ccc(/C=C/C(=O)NCc2nc(C)c(C)nc2C)cc1. The van der Waals surface area contributed by atoms with Crippen LogP contribution in [0.3, 0.4) is 0 Å². The molecule has 0 aliphatic carbocycles. The number of aryl methyl sites for hydroxylation is 3. The van der Waals surface area contributed by atoms with Crippen molar-refractivity contribution in [3.05, 3.63) is 58.7 Å². The van der Waals surface area contributed by atoms with Gasteiger partial charge in [0.05, 0.1) is 29.3 Å². The summed E-state index contributed by atoms with van der Waals surface area (Å²) < 4.78 is 4.96. The van der Waals surface area contributed by atoms with Crippen molar-refractivity contribution >= 4 is 18.0 Å². The zero-order chi connectivity index (χ0) is 18.4. The monoisotopic (exact) mass is 339 g/mol. The predicted octanol–water partition coefficient (Wildman–Crippen LogP) is 2.66. The first kappa shape index (κ1) is 18.3. The number of benzene rings is 1. The Morgan fingerprint density at radius 1 is 1.04 bits per heavy atom. The topological polar surface area (TPSA) is 81.2 Å². The predicted molar refractivity (Wildman–Crippen MR) is 94.9 cm³/mol. The first-order valence-electron chi connectivity index (χ1n) is 7.90. The van der Waals surface area contributed by atoms with E-state index in [1.165, 1.54) is 13.0 Å². The fourth-order valence-electron chi connectivity index (χ4n) is 2.14. The van der Waals surface area contributed by atoms with E-state index in [0.717, 1.165) is 28.3 Å². The van der Waals surface area contributed by atoms with Crippen molar-refractivity contribution in [1.29, 1.82) is 0 Å². The van der Waals surface area contributed by atoms with E-state index in [1.807, 2.05) is 20.8 Å². The molecule has 0 bridgehead atoms. The largest absolute Gasteiger partial charge is 0.427 e.